The Morgan fingerprint density at radius 3 is 1.52 bits per heavy atom. The molecular weight excluding hydrogens is 369 g/mol. The molecule has 0 aliphatic rings. The molecule has 0 aliphatic heterocycles. The van der Waals surface area contributed by atoms with Crippen LogP contribution in [0.15, 0.2) is 84.9 Å². The van der Waals surface area contributed by atoms with Crippen LogP contribution in [0.4, 0.5) is 17.1 Å². The first-order chi connectivity index (χ1) is 10.2. The Balaban J connectivity index is 2.29. The van der Waals surface area contributed by atoms with E-state index in [4.69, 9.17) is 0 Å². The summed E-state index contributed by atoms with van der Waals surface area (Å²) in [7, 11) is 2.25. The summed E-state index contributed by atoms with van der Waals surface area (Å²) in [6, 6.07) is 29.9. The monoisotopic (exact) mass is 386 g/mol. The minimum Gasteiger partial charge on any atom is -0.228 e. The largest absolute Gasteiger partial charge is 0.228 e. The van der Waals surface area contributed by atoms with Crippen LogP contribution in [0.3, 0.4) is 0 Å². The number of rotatable bonds is 3. The molecular formula is C19H17IN+. The maximum absolute atomic E-state index is 2.42. The summed E-state index contributed by atoms with van der Waals surface area (Å²) in [5, 5.41) is 0. The van der Waals surface area contributed by atoms with Gasteiger partial charge in [-0.15, -0.1) is 0 Å². The van der Waals surface area contributed by atoms with Gasteiger partial charge in [0.15, 0.2) is 5.69 Å². The quantitative estimate of drug-likeness (QED) is 0.389. The van der Waals surface area contributed by atoms with E-state index >= 15 is 0 Å². The van der Waals surface area contributed by atoms with E-state index in [1.807, 2.05) is 0 Å². The highest BCUT2D eigenvalue weighted by Gasteiger charge is 2.32. The van der Waals surface area contributed by atoms with E-state index in [1.165, 1.54) is 20.6 Å². The second kappa shape index (κ2) is 6.00. The zero-order valence-corrected chi connectivity index (χ0v) is 14.1. The maximum atomic E-state index is 2.42. The van der Waals surface area contributed by atoms with E-state index < -0.39 is 0 Å². The van der Waals surface area contributed by atoms with Crippen molar-refractivity contribution in [1.82, 2.24) is 4.48 Å². The van der Waals surface area contributed by atoms with Crippen molar-refractivity contribution in [1.29, 1.82) is 0 Å². The third kappa shape index (κ3) is 2.61. The number of hydrogen-bond acceptors (Lipinski definition) is 0. The van der Waals surface area contributed by atoms with Gasteiger partial charge in [-0.25, -0.2) is 4.48 Å². The van der Waals surface area contributed by atoms with Crippen molar-refractivity contribution in [3.05, 3.63) is 88.5 Å². The van der Waals surface area contributed by atoms with Crippen molar-refractivity contribution in [2.45, 2.75) is 0 Å². The Morgan fingerprint density at radius 2 is 1.05 bits per heavy atom. The zero-order valence-electron chi connectivity index (χ0n) is 11.9. The van der Waals surface area contributed by atoms with E-state index in [1.54, 1.807) is 0 Å². The summed E-state index contributed by atoms with van der Waals surface area (Å²) < 4.78 is 1.94. The first-order valence-electron chi connectivity index (χ1n) is 6.96. The Labute approximate surface area is 139 Å². The normalized spacial score (nSPS) is 11.3. The van der Waals surface area contributed by atoms with Gasteiger partial charge in [0.25, 0.3) is 0 Å². The Bertz CT molecular complexity index is 683. The summed E-state index contributed by atoms with van der Waals surface area (Å²) in [6.07, 6.45) is 0. The molecule has 104 valence electrons. The lowest BCUT2D eigenvalue weighted by atomic mass is 10.1. The van der Waals surface area contributed by atoms with Crippen LogP contribution in [-0.2, 0) is 0 Å². The van der Waals surface area contributed by atoms with Crippen LogP contribution in [0.25, 0.3) is 0 Å². The van der Waals surface area contributed by atoms with Gasteiger partial charge in [0.2, 0.25) is 0 Å². The highest BCUT2D eigenvalue weighted by molar-refractivity contribution is 14.1. The number of hydrogen-bond donors (Lipinski definition) is 0. The first-order valence-corrected chi connectivity index (χ1v) is 8.03. The summed E-state index contributed by atoms with van der Waals surface area (Å²) in [5.41, 5.74) is 3.80. The van der Waals surface area contributed by atoms with E-state index in [-0.39, 0.29) is 0 Å². The number of para-hydroxylation sites is 3. The fourth-order valence-corrected chi connectivity index (χ4v) is 3.56. The second-order valence-corrected chi connectivity index (χ2v) is 6.29. The summed E-state index contributed by atoms with van der Waals surface area (Å²) >= 11 is 2.42. The highest BCUT2D eigenvalue weighted by Crippen LogP contribution is 2.43. The van der Waals surface area contributed by atoms with Crippen LogP contribution in [0.5, 0.6) is 0 Å². The molecule has 3 aromatic rings. The van der Waals surface area contributed by atoms with Crippen molar-refractivity contribution < 1.29 is 0 Å². The van der Waals surface area contributed by atoms with Gasteiger partial charge in [-0.3, -0.25) is 0 Å². The Kier molecular flexibility index (Phi) is 4.08. The molecule has 0 N–H and O–H groups in total. The van der Waals surface area contributed by atoms with Crippen LogP contribution < -0.4 is 4.48 Å². The van der Waals surface area contributed by atoms with Gasteiger partial charge in [-0.05, 0) is 52.9 Å². The average Bonchev–Trinajstić information content (AvgIpc) is 2.56. The fourth-order valence-electron chi connectivity index (χ4n) is 2.69. The number of halogens is 1. The summed E-state index contributed by atoms with van der Waals surface area (Å²) in [4.78, 5) is 0. The van der Waals surface area contributed by atoms with Crippen LogP contribution in [-0.4, -0.2) is 7.05 Å². The third-order valence-corrected chi connectivity index (χ3v) is 4.79. The van der Waals surface area contributed by atoms with E-state index in [0.29, 0.717) is 4.48 Å². The van der Waals surface area contributed by atoms with Crippen LogP contribution in [0.1, 0.15) is 0 Å². The van der Waals surface area contributed by atoms with Gasteiger partial charge in [-0.1, -0.05) is 48.5 Å². The van der Waals surface area contributed by atoms with Gasteiger partial charge in [0.05, 0.1) is 10.6 Å². The topological polar surface area (TPSA) is 0 Å². The fraction of sp³-hybridized carbons (Fsp3) is 0.0526. The summed E-state index contributed by atoms with van der Waals surface area (Å²) in [6.45, 7) is 0. The van der Waals surface area contributed by atoms with Gasteiger partial charge in [-0.2, -0.15) is 0 Å². The molecule has 2 heteroatoms. The molecule has 3 aromatic carbocycles. The van der Waals surface area contributed by atoms with Crippen LogP contribution >= 0.6 is 22.6 Å². The Morgan fingerprint density at radius 1 is 0.619 bits per heavy atom. The molecule has 0 aliphatic carbocycles. The van der Waals surface area contributed by atoms with Crippen molar-refractivity contribution >= 4 is 39.7 Å². The predicted octanol–water partition coefficient (Wildman–Crippen LogP) is 5.89. The molecule has 0 fully saturated rings. The first kappa shape index (κ1) is 14.3. The lowest BCUT2D eigenvalue weighted by molar-refractivity contribution is 0.624. The Hall–Kier alpha value is -1.65. The zero-order chi connectivity index (χ0) is 14.7. The molecule has 0 atom stereocenters. The van der Waals surface area contributed by atoms with Gasteiger partial charge in [0, 0.05) is 6.07 Å². The molecule has 1 nitrogen and oxygen atoms in total. The van der Waals surface area contributed by atoms with E-state index in [0.717, 1.165) is 0 Å². The minimum absolute atomic E-state index is 0.667. The van der Waals surface area contributed by atoms with E-state index in [2.05, 4.69) is 115 Å². The van der Waals surface area contributed by atoms with Crippen molar-refractivity contribution in [3.8, 4) is 0 Å². The van der Waals surface area contributed by atoms with Crippen molar-refractivity contribution in [2.75, 3.05) is 7.05 Å². The van der Waals surface area contributed by atoms with Crippen LogP contribution in [0, 0.1) is 3.57 Å². The molecule has 0 amide bonds. The van der Waals surface area contributed by atoms with Gasteiger partial charge < -0.3 is 0 Å². The van der Waals surface area contributed by atoms with Gasteiger partial charge >= 0.3 is 0 Å². The number of benzene rings is 3. The molecule has 0 saturated carbocycles. The molecule has 3 rings (SSSR count). The molecule has 0 unspecified atom stereocenters. The summed E-state index contributed by atoms with van der Waals surface area (Å²) in [5.74, 6) is 0. The average molecular weight is 386 g/mol. The smallest absolute Gasteiger partial charge is 0.156 e. The standard InChI is InChI=1S/C19H17IN/c1-21(16-10-4-2-5-11-16,17-12-6-3-7-13-17)19-15-9-8-14-18(19)20/h2-15H,1H3/q+1. The second-order valence-electron chi connectivity index (χ2n) is 5.13. The van der Waals surface area contributed by atoms with E-state index in [9.17, 15) is 0 Å². The molecule has 0 spiro atoms. The lowest BCUT2D eigenvalue weighted by Gasteiger charge is -2.33. The number of quaternary nitrogens is 1. The molecule has 21 heavy (non-hydrogen) atoms. The third-order valence-electron chi connectivity index (χ3n) is 3.88. The molecule has 0 saturated heterocycles. The van der Waals surface area contributed by atoms with Crippen molar-refractivity contribution in [3.63, 3.8) is 0 Å². The highest BCUT2D eigenvalue weighted by atomic mass is 127. The lowest BCUT2D eigenvalue weighted by Crippen LogP contribution is -2.34. The maximum Gasteiger partial charge on any atom is 0.156 e. The molecule has 0 aromatic heterocycles. The SMILES string of the molecule is C[N+](c1ccccc1)(c1ccccc1)c1ccccc1I. The predicted molar refractivity (Wildman–Crippen MR) is 99.1 cm³/mol. The minimum atomic E-state index is 0.667. The van der Waals surface area contributed by atoms with Gasteiger partial charge in [0.1, 0.15) is 11.4 Å². The molecule has 0 heterocycles. The number of nitrogens with zero attached hydrogens (tertiary/aromatic N) is 1. The van der Waals surface area contributed by atoms with Crippen molar-refractivity contribution in [2.24, 2.45) is 0 Å². The molecule has 0 radical (unpaired) electrons. The molecule has 0 bridgehead atoms. The van der Waals surface area contributed by atoms with Crippen LogP contribution in [0.2, 0.25) is 0 Å².